The van der Waals surface area contributed by atoms with E-state index in [-0.39, 0.29) is 6.09 Å². The first-order valence-corrected chi connectivity index (χ1v) is 10.4. The highest BCUT2D eigenvalue weighted by atomic mass is 32.2. The molecule has 6 heteroatoms. The standard InChI is InChI=1S/C17H32N2O3S/c1-17(2,3)22-16(20)18-12-15(13-6-4-5-7-13)19-14-8-10-23(21)11-9-14/h13-15,19H,4-12H2,1-3H3,(H,18,20). The Morgan fingerprint density at radius 2 is 1.78 bits per heavy atom. The van der Waals surface area contributed by atoms with Gasteiger partial charge in [-0.15, -0.1) is 0 Å². The first kappa shape index (κ1) is 18.7. The highest BCUT2D eigenvalue weighted by Gasteiger charge is 2.29. The molecule has 5 nitrogen and oxygen atoms in total. The average Bonchev–Trinajstić information content (AvgIpc) is 2.97. The van der Waals surface area contributed by atoms with Gasteiger partial charge < -0.3 is 15.4 Å². The van der Waals surface area contributed by atoms with Crippen LogP contribution in [0.1, 0.15) is 59.3 Å². The van der Waals surface area contributed by atoms with E-state index in [9.17, 15) is 9.00 Å². The molecule has 1 atom stereocenters. The minimum atomic E-state index is -0.630. The van der Waals surface area contributed by atoms with E-state index in [2.05, 4.69) is 10.6 Å². The van der Waals surface area contributed by atoms with Crippen LogP contribution in [0.5, 0.6) is 0 Å². The molecule has 1 saturated heterocycles. The Labute approximate surface area is 142 Å². The molecule has 0 spiro atoms. The van der Waals surface area contributed by atoms with Crippen LogP contribution in [0, 0.1) is 5.92 Å². The van der Waals surface area contributed by atoms with E-state index in [1.807, 2.05) is 20.8 Å². The third kappa shape index (κ3) is 6.79. The molecule has 2 rings (SSSR count). The van der Waals surface area contributed by atoms with Crippen LogP contribution >= 0.6 is 0 Å². The summed E-state index contributed by atoms with van der Waals surface area (Å²) in [6.07, 6.45) is 6.63. The van der Waals surface area contributed by atoms with E-state index in [1.165, 1.54) is 25.7 Å². The molecule has 23 heavy (non-hydrogen) atoms. The fraction of sp³-hybridized carbons (Fsp3) is 0.941. The predicted molar refractivity (Wildman–Crippen MR) is 94.0 cm³/mol. The van der Waals surface area contributed by atoms with Gasteiger partial charge in [0.25, 0.3) is 0 Å². The summed E-state index contributed by atoms with van der Waals surface area (Å²) >= 11 is 0. The van der Waals surface area contributed by atoms with Gasteiger partial charge in [-0.25, -0.2) is 4.79 Å². The van der Waals surface area contributed by atoms with Crippen LogP contribution in [0.2, 0.25) is 0 Å². The molecule has 1 saturated carbocycles. The molecule has 0 aromatic carbocycles. The van der Waals surface area contributed by atoms with Crippen molar-refractivity contribution in [3.63, 3.8) is 0 Å². The summed E-state index contributed by atoms with van der Waals surface area (Å²) in [6.45, 7) is 6.24. The van der Waals surface area contributed by atoms with Gasteiger partial charge >= 0.3 is 6.09 Å². The van der Waals surface area contributed by atoms with Crippen LogP contribution in [-0.4, -0.2) is 46.0 Å². The molecule has 1 aliphatic heterocycles. The van der Waals surface area contributed by atoms with Gasteiger partial charge in [-0.2, -0.15) is 0 Å². The van der Waals surface area contributed by atoms with Crippen LogP contribution in [0.25, 0.3) is 0 Å². The van der Waals surface area contributed by atoms with Crippen molar-refractivity contribution in [3.05, 3.63) is 0 Å². The van der Waals surface area contributed by atoms with Gasteiger partial charge in [-0.3, -0.25) is 4.21 Å². The van der Waals surface area contributed by atoms with Crippen molar-refractivity contribution in [2.75, 3.05) is 18.1 Å². The van der Waals surface area contributed by atoms with E-state index in [0.29, 0.717) is 24.5 Å². The third-order valence-corrected chi connectivity index (χ3v) is 6.05. The number of amides is 1. The van der Waals surface area contributed by atoms with Crippen molar-refractivity contribution in [1.29, 1.82) is 0 Å². The van der Waals surface area contributed by atoms with Crippen LogP contribution < -0.4 is 10.6 Å². The number of hydrogen-bond donors (Lipinski definition) is 2. The number of ether oxygens (including phenoxy) is 1. The fourth-order valence-corrected chi connectivity index (χ4v) is 4.79. The Morgan fingerprint density at radius 3 is 2.35 bits per heavy atom. The lowest BCUT2D eigenvalue weighted by atomic mass is 9.96. The maximum Gasteiger partial charge on any atom is 0.407 e. The molecule has 1 amide bonds. The summed E-state index contributed by atoms with van der Waals surface area (Å²) in [4.78, 5) is 11.9. The highest BCUT2D eigenvalue weighted by Crippen LogP contribution is 2.28. The Morgan fingerprint density at radius 1 is 1.17 bits per heavy atom. The lowest BCUT2D eigenvalue weighted by Crippen LogP contribution is -2.51. The summed E-state index contributed by atoms with van der Waals surface area (Å²) in [5, 5.41) is 6.66. The number of hydrogen-bond acceptors (Lipinski definition) is 4. The number of alkyl carbamates (subject to hydrolysis) is 1. The Bertz CT molecular complexity index is 407. The number of nitrogens with one attached hydrogen (secondary N) is 2. The molecule has 1 unspecified atom stereocenters. The van der Waals surface area contributed by atoms with E-state index < -0.39 is 16.4 Å². The summed E-state index contributed by atoms with van der Waals surface area (Å²) in [6, 6.07) is 0.722. The van der Waals surface area contributed by atoms with Gasteiger partial charge in [-0.05, 0) is 52.4 Å². The highest BCUT2D eigenvalue weighted by molar-refractivity contribution is 7.85. The maximum atomic E-state index is 11.9. The molecular weight excluding hydrogens is 312 g/mol. The third-order valence-electron chi connectivity index (χ3n) is 4.67. The van der Waals surface area contributed by atoms with Crippen LogP contribution in [0.4, 0.5) is 4.79 Å². The van der Waals surface area contributed by atoms with E-state index >= 15 is 0 Å². The van der Waals surface area contributed by atoms with E-state index in [4.69, 9.17) is 4.74 Å². The Kier molecular flexibility index (Phi) is 6.89. The number of carbonyl (C=O) groups is 1. The Balaban J connectivity index is 1.84. The molecule has 0 aromatic rings. The van der Waals surface area contributed by atoms with Crippen LogP contribution in [-0.2, 0) is 15.5 Å². The second kappa shape index (κ2) is 8.47. The van der Waals surface area contributed by atoms with Crippen molar-refractivity contribution in [3.8, 4) is 0 Å². The zero-order valence-corrected chi connectivity index (χ0v) is 15.5. The molecular formula is C17H32N2O3S. The Hall–Kier alpha value is -0.620. The summed E-state index contributed by atoms with van der Waals surface area (Å²) in [5.74, 6) is 2.22. The average molecular weight is 345 g/mol. The molecule has 2 fully saturated rings. The van der Waals surface area contributed by atoms with Crippen LogP contribution in [0.15, 0.2) is 0 Å². The lowest BCUT2D eigenvalue weighted by Gasteiger charge is -2.32. The lowest BCUT2D eigenvalue weighted by molar-refractivity contribution is 0.0516. The van der Waals surface area contributed by atoms with E-state index in [0.717, 1.165) is 24.3 Å². The van der Waals surface area contributed by atoms with Crippen molar-refractivity contribution >= 4 is 16.9 Å². The molecule has 1 heterocycles. The van der Waals surface area contributed by atoms with Crippen LogP contribution in [0.3, 0.4) is 0 Å². The zero-order chi connectivity index (χ0) is 16.9. The normalized spacial score (nSPS) is 27.6. The molecule has 0 radical (unpaired) electrons. The predicted octanol–water partition coefficient (Wildman–Crippen LogP) is 2.57. The van der Waals surface area contributed by atoms with Crippen molar-refractivity contribution in [2.24, 2.45) is 5.92 Å². The largest absolute Gasteiger partial charge is 0.444 e. The topological polar surface area (TPSA) is 67.4 Å². The SMILES string of the molecule is CC(C)(C)OC(=O)NCC(NC1CCS(=O)CC1)C1CCCC1. The fourth-order valence-electron chi connectivity index (χ4n) is 3.49. The quantitative estimate of drug-likeness (QED) is 0.804. The molecule has 134 valence electrons. The second-order valence-corrected chi connectivity index (χ2v) is 9.52. The van der Waals surface area contributed by atoms with Gasteiger partial charge in [0, 0.05) is 40.9 Å². The summed E-state index contributed by atoms with van der Waals surface area (Å²) < 4.78 is 16.8. The van der Waals surface area contributed by atoms with Gasteiger partial charge in [0.2, 0.25) is 0 Å². The van der Waals surface area contributed by atoms with E-state index in [1.54, 1.807) is 0 Å². The van der Waals surface area contributed by atoms with Gasteiger partial charge in [-0.1, -0.05) is 12.8 Å². The first-order valence-electron chi connectivity index (χ1n) is 8.91. The van der Waals surface area contributed by atoms with Gasteiger partial charge in [0.15, 0.2) is 0 Å². The monoisotopic (exact) mass is 344 g/mol. The number of carbonyl (C=O) groups excluding carboxylic acids is 1. The summed E-state index contributed by atoms with van der Waals surface area (Å²) in [5.41, 5.74) is -0.464. The zero-order valence-electron chi connectivity index (χ0n) is 14.7. The minimum Gasteiger partial charge on any atom is -0.444 e. The minimum absolute atomic E-state index is 0.293. The van der Waals surface area contributed by atoms with Crippen molar-refractivity contribution in [1.82, 2.24) is 10.6 Å². The molecule has 2 N–H and O–H groups in total. The molecule has 0 bridgehead atoms. The molecule has 1 aliphatic carbocycles. The second-order valence-electron chi connectivity index (χ2n) is 7.82. The maximum absolute atomic E-state index is 11.9. The number of rotatable bonds is 5. The van der Waals surface area contributed by atoms with Crippen molar-refractivity contribution < 1.29 is 13.7 Å². The van der Waals surface area contributed by atoms with Gasteiger partial charge in [0.05, 0.1) is 0 Å². The smallest absolute Gasteiger partial charge is 0.407 e. The molecule has 2 aliphatic rings. The first-order chi connectivity index (χ1) is 10.8. The molecule has 0 aromatic heterocycles. The summed E-state index contributed by atoms with van der Waals surface area (Å²) in [7, 11) is -0.630. The van der Waals surface area contributed by atoms with Gasteiger partial charge in [0.1, 0.15) is 5.60 Å². The van der Waals surface area contributed by atoms with Crippen molar-refractivity contribution in [2.45, 2.75) is 77.0 Å².